The van der Waals surface area contributed by atoms with Gasteiger partial charge in [-0.3, -0.25) is 9.59 Å². The third kappa shape index (κ3) is 3.11. The molecule has 23 heavy (non-hydrogen) atoms. The fraction of sp³-hybridized carbons (Fsp3) is 0.333. The van der Waals surface area contributed by atoms with Crippen LogP contribution < -0.4 is 0 Å². The molecule has 1 aliphatic rings. The molecule has 2 aromatic rings. The van der Waals surface area contributed by atoms with Gasteiger partial charge in [-0.25, -0.2) is 0 Å². The van der Waals surface area contributed by atoms with Crippen LogP contribution in [0.2, 0.25) is 0 Å². The van der Waals surface area contributed by atoms with Crippen molar-refractivity contribution >= 4 is 27.6 Å². The summed E-state index contributed by atoms with van der Waals surface area (Å²) in [5.41, 5.74) is 4.05. The summed E-state index contributed by atoms with van der Waals surface area (Å²) in [6.45, 7) is 2.39. The number of hydrogen-bond donors (Lipinski definition) is 1. The number of carbonyl (C=O) groups is 2. The second-order valence-electron chi connectivity index (χ2n) is 6.04. The molecule has 1 aromatic heterocycles. The summed E-state index contributed by atoms with van der Waals surface area (Å²) in [7, 11) is 1.78. The zero-order chi connectivity index (χ0) is 16.6. The molecule has 0 fully saturated rings. The van der Waals surface area contributed by atoms with E-state index in [9.17, 15) is 9.59 Å². The maximum atomic E-state index is 12.7. The third-order valence-corrected chi connectivity index (χ3v) is 4.86. The first-order valence-electron chi connectivity index (χ1n) is 7.72. The Morgan fingerprint density at radius 2 is 1.96 bits per heavy atom. The summed E-state index contributed by atoms with van der Waals surface area (Å²) in [4.78, 5) is 29.7. The predicted molar refractivity (Wildman–Crippen MR) is 92.7 cm³/mol. The minimum absolute atomic E-state index is 0.0763. The fourth-order valence-corrected chi connectivity index (χ4v) is 3.38. The summed E-state index contributed by atoms with van der Waals surface area (Å²) in [6, 6.07) is 7.91. The number of aromatic nitrogens is 1. The third-order valence-electron chi connectivity index (χ3n) is 4.33. The van der Waals surface area contributed by atoms with Gasteiger partial charge in [-0.15, -0.1) is 0 Å². The lowest BCUT2D eigenvalue weighted by Gasteiger charge is -2.17. The van der Waals surface area contributed by atoms with Gasteiger partial charge in [0.15, 0.2) is 5.78 Å². The molecule has 0 aliphatic heterocycles. The van der Waals surface area contributed by atoms with Gasteiger partial charge in [0.2, 0.25) is 0 Å². The van der Waals surface area contributed by atoms with E-state index < -0.39 is 0 Å². The number of carbonyl (C=O) groups excluding carboxylic acids is 2. The van der Waals surface area contributed by atoms with E-state index in [1.807, 2.05) is 31.2 Å². The Hall–Kier alpha value is -1.88. The van der Waals surface area contributed by atoms with E-state index in [0.717, 1.165) is 39.7 Å². The number of H-pyrrole nitrogens is 1. The molecule has 1 heterocycles. The quantitative estimate of drug-likeness (QED) is 0.885. The van der Waals surface area contributed by atoms with Crippen LogP contribution in [0.4, 0.5) is 0 Å². The topological polar surface area (TPSA) is 53.2 Å². The van der Waals surface area contributed by atoms with Gasteiger partial charge in [-0.2, -0.15) is 0 Å². The lowest BCUT2D eigenvalue weighted by atomic mass is 9.94. The molecule has 0 radical (unpaired) electrons. The van der Waals surface area contributed by atoms with Crippen molar-refractivity contribution < 1.29 is 9.59 Å². The highest BCUT2D eigenvalue weighted by atomic mass is 79.9. The van der Waals surface area contributed by atoms with Gasteiger partial charge in [0, 0.05) is 35.7 Å². The van der Waals surface area contributed by atoms with Crippen LogP contribution in [0, 0.1) is 6.92 Å². The maximum Gasteiger partial charge on any atom is 0.270 e. The average Bonchev–Trinajstić information content (AvgIpc) is 2.87. The van der Waals surface area contributed by atoms with Crippen LogP contribution in [0.3, 0.4) is 0 Å². The van der Waals surface area contributed by atoms with E-state index in [2.05, 4.69) is 20.9 Å². The molecular formula is C18H19BrN2O2. The number of Topliss-reactive ketones (excluding diaryl/α,β-unsaturated/α-hetero) is 1. The zero-order valence-corrected chi connectivity index (χ0v) is 14.9. The molecule has 0 atom stereocenters. The number of nitrogens with zero attached hydrogens (tertiary/aromatic N) is 1. The van der Waals surface area contributed by atoms with Gasteiger partial charge < -0.3 is 9.88 Å². The molecule has 0 spiro atoms. The van der Waals surface area contributed by atoms with Crippen molar-refractivity contribution in [3.05, 3.63) is 56.8 Å². The number of benzene rings is 1. The smallest absolute Gasteiger partial charge is 0.270 e. The summed E-state index contributed by atoms with van der Waals surface area (Å²) in [6.07, 6.45) is 2.27. The van der Waals surface area contributed by atoms with Crippen LogP contribution in [-0.4, -0.2) is 28.6 Å². The van der Waals surface area contributed by atoms with E-state index in [-0.39, 0.29) is 11.7 Å². The molecule has 0 unspecified atom stereocenters. The number of nitrogens with one attached hydrogen (secondary N) is 1. The van der Waals surface area contributed by atoms with Crippen LogP contribution in [0.1, 0.15) is 50.5 Å². The number of amides is 1. The van der Waals surface area contributed by atoms with Gasteiger partial charge in [-0.1, -0.05) is 28.1 Å². The summed E-state index contributed by atoms with van der Waals surface area (Å²) in [5, 5.41) is 0. The second-order valence-corrected chi connectivity index (χ2v) is 6.96. The first-order chi connectivity index (χ1) is 11.0. The lowest BCUT2D eigenvalue weighted by Crippen LogP contribution is -2.27. The van der Waals surface area contributed by atoms with Crippen molar-refractivity contribution in [1.82, 2.24) is 9.88 Å². The van der Waals surface area contributed by atoms with Gasteiger partial charge in [0.25, 0.3) is 5.91 Å². The Morgan fingerprint density at radius 1 is 1.26 bits per heavy atom. The molecule has 1 N–H and O–H groups in total. The van der Waals surface area contributed by atoms with Gasteiger partial charge in [0.05, 0.1) is 0 Å². The average molecular weight is 375 g/mol. The van der Waals surface area contributed by atoms with Gasteiger partial charge in [-0.05, 0) is 43.0 Å². The minimum Gasteiger partial charge on any atom is -0.354 e. The lowest BCUT2D eigenvalue weighted by molar-refractivity contribution is 0.0779. The van der Waals surface area contributed by atoms with E-state index in [1.54, 1.807) is 11.9 Å². The van der Waals surface area contributed by atoms with E-state index >= 15 is 0 Å². The molecule has 4 nitrogen and oxygen atoms in total. The largest absolute Gasteiger partial charge is 0.354 e. The van der Waals surface area contributed by atoms with Crippen LogP contribution in [-0.2, 0) is 13.0 Å². The number of hydrogen-bond acceptors (Lipinski definition) is 2. The predicted octanol–water partition coefficient (Wildman–Crippen LogP) is 3.88. The molecule has 5 heteroatoms. The number of aromatic amines is 1. The molecular weight excluding hydrogens is 356 g/mol. The molecule has 0 bridgehead atoms. The molecule has 1 aliphatic carbocycles. The van der Waals surface area contributed by atoms with E-state index in [0.29, 0.717) is 18.7 Å². The van der Waals surface area contributed by atoms with Crippen LogP contribution in [0.25, 0.3) is 0 Å². The first kappa shape index (κ1) is 16.0. The monoisotopic (exact) mass is 374 g/mol. The highest BCUT2D eigenvalue weighted by molar-refractivity contribution is 9.10. The SMILES string of the molecule is Cc1c(C(=O)N(C)Cc2ccc(Br)cc2)[nH]c2c1C(=O)CCC2. The Kier molecular flexibility index (Phi) is 4.39. The summed E-state index contributed by atoms with van der Waals surface area (Å²) in [5.74, 6) is 0.0715. The van der Waals surface area contributed by atoms with E-state index in [1.165, 1.54) is 0 Å². The van der Waals surface area contributed by atoms with Crippen molar-refractivity contribution in [2.45, 2.75) is 32.7 Å². The molecule has 1 amide bonds. The van der Waals surface area contributed by atoms with Crippen molar-refractivity contribution in [3.8, 4) is 0 Å². The molecule has 0 saturated heterocycles. The zero-order valence-electron chi connectivity index (χ0n) is 13.3. The Labute approximate surface area is 144 Å². The number of rotatable bonds is 3. The first-order valence-corrected chi connectivity index (χ1v) is 8.51. The Balaban J connectivity index is 1.82. The maximum absolute atomic E-state index is 12.7. The summed E-state index contributed by atoms with van der Waals surface area (Å²) < 4.78 is 1.02. The standard InChI is InChI=1S/C18H19BrN2O2/c1-11-16-14(4-3-5-15(16)22)20-17(11)18(23)21(2)10-12-6-8-13(19)9-7-12/h6-9,20H,3-5,10H2,1-2H3. The molecule has 120 valence electrons. The van der Waals surface area contributed by atoms with Crippen LogP contribution >= 0.6 is 15.9 Å². The van der Waals surface area contributed by atoms with E-state index in [4.69, 9.17) is 0 Å². The van der Waals surface area contributed by atoms with Crippen LogP contribution in [0.5, 0.6) is 0 Å². The van der Waals surface area contributed by atoms with Crippen molar-refractivity contribution in [2.75, 3.05) is 7.05 Å². The minimum atomic E-state index is -0.0763. The second kappa shape index (κ2) is 6.32. The molecule has 1 aromatic carbocycles. The summed E-state index contributed by atoms with van der Waals surface area (Å²) >= 11 is 3.41. The Morgan fingerprint density at radius 3 is 2.61 bits per heavy atom. The number of halogens is 1. The molecule has 3 rings (SSSR count). The number of fused-ring (bicyclic) bond motifs is 1. The van der Waals surface area contributed by atoms with Gasteiger partial charge >= 0.3 is 0 Å². The Bertz CT molecular complexity index is 762. The number of aryl methyl sites for hydroxylation is 1. The highest BCUT2D eigenvalue weighted by Gasteiger charge is 2.27. The van der Waals surface area contributed by atoms with Crippen molar-refractivity contribution in [1.29, 1.82) is 0 Å². The fourth-order valence-electron chi connectivity index (χ4n) is 3.11. The van der Waals surface area contributed by atoms with Crippen molar-refractivity contribution in [3.63, 3.8) is 0 Å². The van der Waals surface area contributed by atoms with Gasteiger partial charge in [0.1, 0.15) is 5.69 Å². The normalized spacial score (nSPS) is 13.8. The van der Waals surface area contributed by atoms with Crippen molar-refractivity contribution in [2.24, 2.45) is 0 Å². The highest BCUT2D eigenvalue weighted by Crippen LogP contribution is 2.27. The van der Waals surface area contributed by atoms with Crippen LogP contribution in [0.15, 0.2) is 28.7 Å². The number of ketones is 1. The molecule has 0 saturated carbocycles.